The van der Waals surface area contributed by atoms with Crippen molar-refractivity contribution in [2.75, 3.05) is 0 Å². The Labute approximate surface area is 221 Å². The van der Waals surface area contributed by atoms with Gasteiger partial charge in [0.15, 0.2) is 0 Å². The second-order valence-electron chi connectivity index (χ2n) is 0.947. The molecule has 0 atom stereocenters. The second kappa shape index (κ2) is 38.5. The molecule has 0 aromatic carbocycles. The molecule has 0 spiro atoms. The minimum atomic E-state index is -4.20. The van der Waals surface area contributed by atoms with E-state index in [4.69, 9.17) is 41.6 Å². The first-order chi connectivity index (χ1) is 6.93. The predicted molar refractivity (Wildman–Crippen MR) is 15.6 cm³/mol. The summed E-state index contributed by atoms with van der Waals surface area (Å²) >= 11 is -16.6. The van der Waals surface area contributed by atoms with Gasteiger partial charge in [-0.15, -0.1) is 0 Å². The summed E-state index contributed by atoms with van der Waals surface area (Å²) in [5.41, 5.74) is 0. The molecule has 0 radical (unpaired) electrons. The van der Waals surface area contributed by atoms with Crippen molar-refractivity contribution in [3.63, 3.8) is 0 Å². The van der Waals surface area contributed by atoms with Gasteiger partial charge >= 0.3 is 227 Å². The summed E-state index contributed by atoms with van der Waals surface area (Å²) in [6.45, 7) is 0. The molecule has 0 bridgehead atoms. The first-order valence-corrected chi connectivity index (χ1v) is 11.5. The Morgan fingerprint density at radius 1 is 0.684 bits per heavy atom. The van der Waals surface area contributed by atoms with E-state index >= 15 is 0 Å². The maximum absolute atomic E-state index is 8.60. The first-order valence-electron chi connectivity index (χ1n) is 2.32. The van der Waals surface area contributed by atoms with Crippen LogP contribution in [-0.4, -0.2) is 94.4 Å². The maximum atomic E-state index is 8.60. The molecule has 0 N–H and O–H groups in total. The fourth-order valence-electron chi connectivity index (χ4n) is 0. The molecule has 104 valence electrons. The van der Waals surface area contributed by atoms with Gasteiger partial charge in [0.25, 0.3) is 0 Å². The molecular weight excluding hydrogens is 757 g/mol. The standard InChI is InChI=1S/Ba.2Nb.Ni.12O.Sr.2Ti/q+2;;;+2;;;;;;;6*-1;+2;;. The van der Waals surface area contributed by atoms with Crippen LogP contribution in [-0.2, 0) is 111 Å². The molecular formula is BaNb2NiO12SrTi2. The van der Waals surface area contributed by atoms with Crippen LogP contribution in [0.3, 0.4) is 0 Å². The van der Waals surface area contributed by atoms with E-state index in [1.54, 1.807) is 0 Å². The van der Waals surface area contributed by atoms with E-state index < -0.39 is 74.8 Å². The molecule has 0 aliphatic carbocycles. The first kappa shape index (κ1) is 43.9. The Balaban J connectivity index is -0.0000000192. The Kier molecular flexibility index (Phi) is 89.1. The van der Waals surface area contributed by atoms with Crippen LogP contribution in [0.2, 0.25) is 0 Å². The normalized spacial score (nSPS) is 5.37. The van der Waals surface area contributed by atoms with Crippen molar-refractivity contribution >= 4 is 94.4 Å². The fraction of sp³-hybridized carbons (Fsp3) is 0. The minimum Gasteiger partial charge on any atom is 2.00 e. The van der Waals surface area contributed by atoms with E-state index in [9.17, 15) is 0 Å². The summed E-state index contributed by atoms with van der Waals surface area (Å²) in [6, 6.07) is 0. The van der Waals surface area contributed by atoms with Crippen LogP contribution in [0.4, 0.5) is 0 Å². The van der Waals surface area contributed by atoms with Crippen LogP contribution < -0.4 is 22.0 Å². The van der Waals surface area contributed by atoms with E-state index in [-0.39, 0.29) is 111 Å². The minimum absolute atomic E-state index is 0. The second-order valence-corrected chi connectivity index (χ2v) is 4.71. The Hall–Kier alpha value is 5.01. The molecule has 0 unspecified atom stereocenters. The molecule has 0 aliphatic rings. The third-order valence-electron chi connectivity index (χ3n) is 0. The number of rotatable bonds is 0. The van der Waals surface area contributed by atoms with Crippen LogP contribution in [0, 0.1) is 0 Å². The van der Waals surface area contributed by atoms with Gasteiger partial charge in [-0.1, -0.05) is 0 Å². The molecule has 0 saturated heterocycles. The van der Waals surface area contributed by atoms with Crippen LogP contribution in [0.5, 0.6) is 0 Å². The van der Waals surface area contributed by atoms with Crippen LogP contribution in [0.15, 0.2) is 0 Å². The Bertz CT molecular complexity index is 270. The van der Waals surface area contributed by atoms with E-state index in [1.807, 2.05) is 0 Å². The van der Waals surface area contributed by atoms with Gasteiger partial charge in [0.05, 0.1) is 0 Å². The topological polar surface area (TPSA) is 241 Å². The molecule has 0 rings (SSSR count). The molecule has 12 nitrogen and oxygen atoms in total. The van der Waals surface area contributed by atoms with E-state index in [0.29, 0.717) is 0 Å². The SMILES string of the molecule is [Ba+2].[Ni+2].[O]=[Nb](=[O])[O-].[O]=[Nb](=[O])[O-].[O]=[Ti]([O-])[O-].[O]=[Ti]([O-])[O-].[Sr+2]. The van der Waals surface area contributed by atoms with Crippen molar-refractivity contribution < 1.29 is 133 Å². The smallest absolute Gasteiger partial charge is 2.00 e. The van der Waals surface area contributed by atoms with Gasteiger partial charge in [-0.2, -0.15) is 0 Å². The van der Waals surface area contributed by atoms with Gasteiger partial charge < -0.3 is 0 Å². The van der Waals surface area contributed by atoms with Gasteiger partial charge in [0, 0.05) is 0 Å². The molecule has 19 heteroatoms. The van der Waals surface area contributed by atoms with E-state index in [1.165, 1.54) is 0 Å². The van der Waals surface area contributed by atoms with Crippen LogP contribution in [0.25, 0.3) is 0 Å². The third-order valence-corrected chi connectivity index (χ3v) is 0. The fourth-order valence-corrected chi connectivity index (χ4v) is 0. The van der Waals surface area contributed by atoms with E-state index in [0.717, 1.165) is 0 Å². The van der Waals surface area contributed by atoms with Gasteiger partial charge in [-0.25, -0.2) is 0 Å². The predicted octanol–water partition coefficient (Wildman–Crippen LogP) is -8.62. The average molecular weight is 757 g/mol. The molecule has 0 fully saturated rings. The zero-order valence-corrected chi connectivity index (χ0v) is 24.9. The molecule has 0 heterocycles. The summed E-state index contributed by atoms with van der Waals surface area (Å²) in [5, 5.41) is 0. The van der Waals surface area contributed by atoms with E-state index in [2.05, 4.69) is 0 Å². The van der Waals surface area contributed by atoms with Crippen molar-refractivity contribution in [1.82, 2.24) is 0 Å². The zero-order valence-electron chi connectivity index (χ0n) is 8.52. The van der Waals surface area contributed by atoms with Gasteiger partial charge in [-0.3, -0.25) is 0 Å². The summed E-state index contributed by atoms with van der Waals surface area (Å²) < 4.78 is 103. The van der Waals surface area contributed by atoms with Crippen molar-refractivity contribution in [3.05, 3.63) is 0 Å². The monoisotopic (exact) mass is 757 g/mol. The van der Waals surface area contributed by atoms with Crippen molar-refractivity contribution in [2.45, 2.75) is 0 Å². The molecule has 0 amide bonds. The third kappa shape index (κ3) is 404. The molecule has 0 aromatic rings. The Morgan fingerprint density at radius 3 is 0.684 bits per heavy atom. The van der Waals surface area contributed by atoms with Gasteiger partial charge in [0.2, 0.25) is 0 Å². The molecule has 0 saturated carbocycles. The maximum Gasteiger partial charge on any atom is 2.00 e. The quantitative estimate of drug-likeness (QED) is 0.209. The van der Waals surface area contributed by atoms with Crippen LogP contribution >= 0.6 is 0 Å². The zero-order chi connectivity index (χ0) is 14.3. The summed E-state index contributed by atoms with van der Waals surface area (Å²) in [4.78, 5) is 0. The van der Waals surface area contributed by atoms with Crippen molar-refractivity contribution in [3.8, 4) is 0 Å². The van der Waals surface area contributed by atoms with Gasteiger partial charge in [-0.05, 0) is 0 Å². The largest absolute Gasteiger partial charge is 2.00 e. The summed E-state index contributed by atoms with van der Waals surface area (Å²) in [6.07, 6.45) is 0. The summed E-state index contributed by atoms with van der Waals surface area (Å²) in [7, 11) is 0. The number of hydrogen-bond acceptors (Lipinski definition) is 12. The van der Waals surface area contributed by atoms with Crippen molar-refractivity contribution in [1.29, 1.82) is 0 Å². The number of hydrogen-bond donors (Lipinski definition) is 0. The molecule has 19 heavy (non-hydrogen) atoms. The Morgan fingerprint density at radius 2 is 0.684 bits per heavy atom. The summed E-state index contributed by atoms with van der Waals surface area (Å²) in [5.74, 6) is 0. The van der Waals surface area contributed by atoms with Gasteiger partial charge in [0.1, 0.15) is 0 Å². The molecule has 0 aliphatic heterocycles. The average Bonchev–Trinajstić information content (AvgIpc) is 1.76. The molecule has 0 aromatic heterocycles. The van der Waals surface area contributed by atoms with Crippen molar-refractivity contribution in [2.24, 2.45) is 0 Å². The van der Waals surface area contributed by atoms with Crippen LogP contribution in [0.1, 0.15) is 0 Å².